The molecule has 0 fully saturated rings. The third kappa shape index (κ3) is 1.69. The molecule has 1 atom stereocenters. The summed E-state index contributed by atoms with van der Waals surface area (Å²) in [7, 11) is -4.58. The van der Waals surface area contributed by atoms with Crippen LogP contribution in [0.2, 0.25) is 0 Å². The summed E-state index contributed by atoms with van der Waals surface area (Å²) in [6, 6.07) is 0. The van der Waals surface area contributed by atoms with E-state index in [4.69, 9.17) is 9.66 Å². The van der Waals surface area contributed by atoms with Crippen molar-refractivity contribution in [3.63, 3.8) is 0 Å². The Morgan fingerprint density at radius 2 is 2.00 bits per heavy atom. The first-order chi connectivity index (χ1) is 4.75. The van der Waals surface area contributed by atoms with Crippen molar-refractivity contribution in [2.75, 3.05) is 0 Å². The zero-order valence-corrected chi connectivity index (χ0v) is 6.76. The molecule has 65 valence electrons. The molecule has 0 aliphatic rings. The molecule has 5 nitrogen and oxygen atoms in total. The summed E-state index contributed by atoms with van der Waals surface area (Å²) in [5.74, 6) is -1.60. The van der Waals surface area contributed by atoms with E-state index in [1.807, 2.05) is 0 Å². The summed E-state index contributed by atoms with van der Waals surface area (Å²) in [6.45, 7) is 4.03. The van der Waals surface area contributed by atoms with Crippen LogP contribution in [-0.4, -0.2) is 28.8 Å². The van der Waals surface area contributed by atoms with Crippen LogP contribution >= 0.6 is 0 Å². The predicted molar refractivity (Wildman–Crippen MR) is 37.6 cm³/mol. The standard InChI is InChI=1S/C5H9O5S/c1-3-5(2,4(6)7)11(8,9)10/h1,3H2,2H3,(H,6,7)(H,8,9,10). The van der Waals surface area contributed by atoms with Crippen molar-refractivity contribution in [2.45, 2.75) is 18.1 Å². The molecule has 0 aromatic carbocycles. The lowest BCUT2D eigenvalue weighted by molar-refractivity contribution is -0.139. The fourth-order valence-electron chi connectivity index (χ4n) is 0.346. The van der Waals surface area contributed by atoms with Gasteiger partial charge < -0.3 is 5.11 Å². The highest BCUT2D eigenvalue weighted by Gasteiger charge is 2.44. The van der Waals surface area contributed by atoms with E-state index in [0.29, 0.717) is 0 Å². The maximum absolute atomic E-state index is 10.5. The molecule has 0 amide bonds. The highest BCUT2D eigenvalue weighted by molar-refractivity contribution is 7.88. The maximum atomic E-state index is 10.5. The summed E-state index contributed by atoms with van der Waals surface area (Å²) in [5.41, 5.74) is 0. The van der Waals surface area contributed by atoms with E-state index in [2.05, 4.69) is 6.92 Å². The Morgan fingerprint density at radius 3 is 2.00 bits per heavy atom. The minimum absolute atomic E-state index is 0.416. The largest absolute Gasteiger partial charge is 0.480 e. The molecule has 0 aliphatic carbocycles. The molecule has 0 spiro atoms. The lowest BCUT2D eigenvalue weighted by Gasteiger charge is -2.17. The van der Waals surface area contributed by atoms with Gasteiger partial charge in [-0.15, -0.1) is 0 Å². The Kier molecular flexibility index (Phi) is 2.63. The topological polar surface area (TPSA) is 91.7 Å². The van der Waals surface area contributed by atoms with Crippen molar-refractivity contribution in [3.8, 4) is 0 Å². The molecule has 1 radical (unpaired) electrons. The van der Waals surface area contributed by atoms with Crippen LogP contribution < -0.4 is 0 Å². The van der Waals surface area contributed by atoms with Crippen LogP contribution in [0.25, 0.3) is 0 Å². The lowest BCUT2D eigenvalue weighted by atomic mass is 10.1. The summed E-state index contributed by atoms with van der Waals surface area (Å²) < 4.78 is 27.2. The molecule has 0 saturated heterocycles. The Labute approximate surface area is 64.8 Å². The maximum Gasteiger partial charge on any atom is 0.327 e. The van der Waals surface area contributed by atoms with Crippen LogP contribution in [0.15, 0.2) is 0 Å². The molecular formula is C5H9O5S. The van der Waals surface area contributed by atoms with Crippen LogP contribution in [-0.2, 0) is 14.9 Å². The molecule has 6 heteroatoms. The molecule has 11 heavy (non-hydrogen) atoms. The number of carboxylic acids is 1. The highest BCUT2D eigenvalue weighted by Crippen LogP contribution is 2.19. The number of hydrogen-bond donors (Lipinski definition) is 2. The van der Waals surface area contributed by atoms with Crippen molar-refractivity contribution in [1.82, 2.24) is 0 Å². The SMILES string of the molecule is [CH2]CC(C)(C(=O)O)S(=O)(=O)O. The van der Waals surface area contributed by atoms with E-state index < -0.39 is 27.3 Å². The summed E-state index contributed by atoms with van der Waals surface area (Å²) in [6.07, 6.45) is -0.416. The Morgan fingerprint density at radius 1 is 1.64 bits per heavy atom. The van der Waals surface area contributed by atoms with Crippen LogP contribution in [0.3, 0.4) is 0 Å². The first-order valence-electron chi connectivity index (χ1n) is 2.75. The van der Waals surface area contributed by atoms with E-state index in [0.717, 1.165) is 6.92 Å². The van der Waals surface area contributed by atoms with E-state index >= 15 is 0 Å². The molecular weight excluding hydrogens is 172 g/mol. The Bertz CT molecular complexity index is 254. The molecule has 0 aliphatic heterocycles. The van der Waals surface area contributed by atoms with Gasteiger partial charge in [0.1, 0.15) is 0 Å². The monoisotopic (exact) mass is 181 g/mol. The van der Waals surface area contributed by atoms with E-state index in [-0.39, 0.29) is 0 Å². The second-order valence-corrected chi connectivity index (χ2v) is 4.11. The third-order valence-electron chi connectivity index (χ3n) is 1.50. The molecule has 0 saturated carbocycles. The molecule has 0 bridgehead atoms. The first kappa shape index (κ1) is 10.4. The minimum Gasteiger partial charge on any atom is -0.480 e. The number of carboxylic acid groups (broad SMARTS) is 1. The van der Waals surface area contributed by atoms with Gasteiger partial charge in [-0.05, 0) is 13.3 Å². The summed E-state index contributed by atoms with van der Waals surface area (Å²) in [5, 5.41) is 8.39. The average molecular weight is 181 g/mol. The highest BCUT2D eigenvalue weighted by atomic mass is 32.2. The van der Waals surface area contributed by atoms with Gasteiger partial charge >= 0.3 is 5.97 Å². The molecule has 0 aromatic heterocycles. The number of aliphatic carboxylic acids is 1. The van der Waals surface area contributed by atoms with E-state index in [1.165, 1.54) is 0 Å². The van der Waals surface area contributed by atoms with Gasteiger partial charge in [0, 0.05) is 0 Å². The molecule has 1 unspecified atom stereocenters. The van der Waals surface area contributed by atoms with Crippen molar-refractivity contribution in [3.05, 3.63) is 6.92 Å². The van der Waals surface area contributed by atoms with Gasteiger partial charge in [0.2, 0.25) is 0 Å². The Balaban J connectivity index is 5.09. The van der Waals surface area contributed by atoms with Crippen molar-refractivity contribution in [1.29, 1.82) is 0 Å². The summed E-state index contributed by atoms with van der Waals surface area (Å²) >= 11 is 0. The van der Waals surface area contributed by atoms with Gasteiger partial charge in [-0.2, -0.15) is 8.42 Å². The fraction of sp³-hybridized carbons (Fsp3) is 0.600. The zero-order valence-electron chi connectivity index (χ0n) is 5.94. The van der Waals surface area contributed by atoms with Crippen LogP contribution in [0.4, 0.5) is 0 Å². The molecule has 2 N–H and O–H groups in total. The van der Waals surface area contributed by atoms with Gasteiger partial charge in [-0.1, -0.05) is 6.92 Å². The van der Waals surface area contributed by atoms with Gasteiger partial charge in [0.05, 0.1) is 0 Å². The number of carbonyl (C=O) groups is 1. The molecule has 0 aromatic rings. The van der Waals surface area contributed by atoms with Crippen molar-refractivity contribution in [2.24, 2.45) is 0 Å². The van der Waals surface area contributed by atoms with Gasteiger partial charge in [-0.25, -0.2) is 0 Å². The normalized spacial score (nSPS) is 17.4. The number of rotatable bonds is 3. The molecule has 0 heterocycles. The number of hydrogen-bond acceptors (Lipinski definition) is 3. The Hall–Kier alpha value is -0.620. The quantitative estimate of drug-likeness (QED) is 0.595. The van der Waals surface area contributed by atoms with Crippen LogP contribution in [0.5, 0.6) is 0 Å². The van der Waals surface area contributed by atoms with Crippen LogP contribution in [0.1, 0.15) is 13.3 Å². The summed E-state index contributed by atoms with van der Waals surface area (Å²) in [4.78, 5) is 10.3. The van der Waals surface area contributed by atoms with Gasteiger partial charge in [0.25, 0.3) is 10.1 Å². The first-order valence-corrected chi connectivity index (χ1v) is 4.19. The fourth-order valence-corrected chi connectivity index (χ4v) is 0.825. The van der Waals surface area contributed by atoms with Crippen LogP contribution in [0, 0.1) is 6.92 Å². The lowest BCUT2D eigenvalue weighted by Crippen LogP contribution is -2.42. The second kappa shape index (κ2) is 2.78. The predicted octanol–water partition coefficient (Wildman–Crippen LogP) is -0.0583. The third-order valence-corrected chi connectivity index (χ3v) is 3.02. The van der Waals surface area contributed by atoms with Crippen molar-refractivity contribution >= 4 is 16.1 Å². The second-order valence-electron chi connectivity index (χ2n) is 2.26. The average Bonchev–Trinajstić information content (AvgIpc) is 1.83. The minimum atomic E-state index is -4.58. The van der Waals surface area contributed by atoms with E-state index in [9.17, 15) is 13.2 Å². The van der Waals surface area contributed by atoms with Crippen molar-refractivity contribution < 1.29 is 22.9 Å². The smallest absolute Gasteiger partial charge is 0.327 e. The zero-order chi connectivity index (χ0) is 9.28. The van der Waals surface area contributed by atoms with Gasteiger partial charge in [-0.3, -0.25) is 9.35 Å². The van der Waals surface area contributed by atoms with Gasteiger partial charge in [0.15, 0.2) is 4.75 Å². The van der Waals surface area contributed by atoms with E-state index in [1.54, 1.807) is 0 Å². The molecule has 0 rings (SSSR count).